The molecule has 1 aliphatic rings. The van der Waals surface area contributed by atoms with Crippen molar-refractivity contribution in [2.45, 2.75) is 51.9 Å². The lowest BCUT2D eigenvalue weighted by Gasteiger charge is -2.37. The zero-order valence-electron chi connectivity index (χ0n) is 14.0. The summed E-state index contributed by atoms with van der Waals surface area (Å²) in [6.45, 7) is 6.40. The molecular formula is C18H25NO4. The molecule has 1 amide bonds. The molecule has 1 heterocycles. The quantitative estimate of drug-likeness (QED) is 0.784. The number of hydrogen-bond acceptors (Lipinski definition) is 4. The molecule has 0 radical (unpaired) electrons. The normalized spacial score (nSPS) is 22.0. The predicted molar refractivity (Wildman–Crippen MR) is 86.6 cm³/mol. The zero-order chi connectivity index (χ0) is 16.9. The van der Waals surface area contributed by atoms with Crippen LogP contribution in [0.5, 0.6) is 0 Å². The van der Waals surface area contributed by atoms with E-state index in [1.54, 1.807) is 6.92 Å². The first kappa shape index (κ1) is 17.5. The highest BCUT2D eigenvalue weighted by Gasteiger charge is 2.53. The molecule has 1 saturated heterocycles. The van der Waals surface area contributed by atoms with Crippen LogP contribution in [0.4, 0.5) is 0 Å². The maximum atomic E-state index is 12.6. The van der Waals surface area contributed by atoms with Gasteiger partial charge in [0.05, 0.1) is 19.3 Å². The number of hydrogen-bond donors (Lipinski definition) is 1. The molecule has 1 aliphatic heterocycles. The molecule has 1 aromatic carbocycles. The summed E-state index contributed by atoms with van der Waals surface area (Å²) >= 11 is 0. The standard InChI is InChI=1S/C18H25NO4/c1-4-22-17(21)18(11-10-15(20)19-18)16(13(2)3)23-12-14-8-6-5-7-9-14/h5-9,13,16H,4,10-12H2,1-3H3,(H,19,20)/t16-,18+/m1/s1. The van der Waals surface area contributed by atoms with Crippen molar-refractivity contribution in [3.05, 3.63) is 35.9 Å². The molecule has 126 valence electrons. The van der Waals surface area contributed by atoms with Crippen molar-refractivity contribution in [1.29, 1.82) is 0 Å². The highest BCUT2D eigenvalue weighted by molar-refractivity contribution is 5.92. The maximum absolute atomic E-state index is 12.6. The van der Waals surface area contributed by atoms with Crippen LogP contribution in [0.25, 0.3) is 0 Å². The summed E-state index contributed by atoms with van der Waals surface area (Å²) in [6, 6.07) is 9.78. The molecule has 0 aliphatic carbocycles. The van der Waals surface area contributed by atoms with Gasteiger partial charge in [-0.1, -0.05) is 44.2 Å². The number of nitrogens with one attached hydrogen (secondary N) is 1. The topological polar surface area (TPSA) is 64.6 Å². The average Bonchev–Trinajstić information content (AvgIpc) is 2.91. The summed E-state index contributed by atoms with van der Waals surface area (Å²) in [5, 5.41) is 2.83. The fourth-order valence-electron chi connectivity index (χ4n) is 3.09. The van der Waals surface area contributed by atoms with Crippen LogP contribution in [-0.4, -0.2) is 30.1 Å². The molecule has 0 saturated carbocycles. The van der Waals surface area contributed by atoms with Gasteiger partial charge in [0, 0.05) is 6.42 Å². The van der Waals surface area contributed by atoms with E-state index < -0.39 is 17.6 Å². The van der Waals surface area contributed by atoms with Gasteiger partial charge in [-0.25, -0.2) is 4.79 Å². The van der Waals surface area contributed by atoms with Gasteiger partial charge in [0.1, 0.15) is 0 Å². The molecular weight excluding hydrogens is 294 g/mol. The lowest BCUT2D eigenvalue weighted by atomic mass is 9.84. The largest absolute Gasteiger partial charge is 0.464 e. The Morgan fingerprint density at radius 1 is 1.30 bits per heavy atom. The molecule has 1 N–H and O–H groups in total. The van der Waals surface area contributed by atoms with Gasteiger partial charge in [0.25, 0.3) is 0 Å². The zero-order valence-corrected chi connectivity index (χ0v) is 14.0. The SMILES string of the molecule is CCOC(=O)[C@@]1([C@H](OCc2ccccc2)C(C)C)CCC(=O)N1. The van der Waals surface area contributed by atoms with Crippen molar-refractivity contribution >= 4 is 11.9 Å². The molecule has 0 spiro atoms. The Morgan fingerprint density at radius 3 is 2.52 bits per heavy atom. The molecule has 0 aromatic heterocycles. The first-order valence-electron chi connectivity index (χ1n) is 8.13. The second-order valence-corrected chi connectivity index (χ2v) is 6.20. The van der Waals surface area contributed by atoms with Gasteiger partial charge in [0.2, 0.25) is 5.91 Å². The average molecular weight is 319 g/mol. The van der Waals surface area contributed by atoms with Crippen LogP contribution in [0.3, 0.4) is 0 Å². The van der Waals surface area contributed by atoms with E-state index in [2.05, 4.69) is 5.32 Å². The highest BCUT2D eigenvalue weighted by Crippen LogP contribution is 2.32. The summed E-state index contributed by atoms with van der Waals surface area (Å²) in [4.78, 5) is 24.3. The second kappa shape index (κ2) is 7.59. The van der Waals surface area contributed by atoms with Gasteiger partial charge < -0.3 is 14.8 Å². The van der Waals surface area contributed by atoms with E-state index >= 15 is 0 Å². The molecule has 5 heteroatoms. The first-order valence-corrected chi connectivity index (χ1v) is 8.13. The Labute approximate surface area is 137 Å². The van der Waals surface area contributed by atoms with E-state index in [1.807, 2.05) is 44.2 Å². The van der Waals surface area contributed by atoms with E-state index in [0.29, 0.717) is 19.4 Å². The molecule has 23 heavy (non-hydrogen) atoms. The van der Waals surface area contributed by atoms with Gasteiger partial charge in [0.15, 0.2) is 5.54 Å². The summed E-state index contributed by atoms with van der Waals surface area (Å²) in [5.41, 5.74) is -0.0581. The third kappa shape index (κ3) is 3.91. The Bertz CT molecular complexity index is 543. The fourth-order valence-corrected chi connectivity index (χ4v) is 3.09. The van der Waals surface area contributed by atoms with Crippen LogP contribution in [0.15, 0.2) is 30.3 Å². The third-order valence-corrected chi connectivity index (χ3v) is 4.11. The van der Waals surface area contributed by atoms with E-state index in [4.69, 9.17) is 9.47 Å². The van der Waals surface area contributed by atoms with E-state index in [-0.39, 0.29) is 18.4 Å². The van der Waals surface area contributed by atoms with Gasteiger partial charge in [-0.15, -0.1) is 0 Å². The molecule has 2 atom stereocenters. The van der Waals surface area contributed by atoms with Gasteiger partial charge in [-0.3, -0.25) is 4.79 Å². The highest BCUT2D eigenvalue weighted by atomic mass is 16.5. The van der Waals surface area contributed by atoms with Crippen LogP contribution in [-0.2, 0) is 25.7 Å². The van der Waals surface area contributed by atoms with Crippen LogP contribution in [0.2, 0.25) is 0 Å². The third-order valence-electron chi connectivity index (χ3n) is 4.11. The lowest BCUT2D eigenvalue weighted by Crippen LogP contribution is -2.60. The number of rotatable bonds is 7. The van der Waals surface area contributed by atoms with Crippen molar-refractivity contribution < 1.29 is 19.1 Å². The lowest BCUT2D eigenvalue weighted by molar-refractivity contribution is -0.162. The predicted octanol–water partition coefficient (Wildman–Crippen LogP) is 2.44. The first-order chi connectivity index (χ1) is 11.0. The number of esters is 1. The van der Waals surface area contributed by atoms with Crippen molar-refractivity contribution in [2.75, 3.05) is 6.61 Å². The molecule has 2 rings (SSSR count). The van der Waals surface area contributed by atoms with Crippen molar-refractivity contribution in [3.8, 4) is 0 Å². The smallest absolute Gasteiger partial charge is 0.334 e. The van der Waals surface area contributed by atoms with Gasteiger partial charge in [-0.2, -0.15) is 0 Å². The number of carbonyl (C=O) groups is 2. The minimum atomic E-state index is -1.09. The number of benzene rings is 1. The van der Waals surface area contributed by atoms with Crippen LogP contribution < -0.4 is 5.32 Å². The molecule has 0 unspecified atom stereocenters. The molecule has 5 nitrogen and oxygen atoms in total. The van der Waals surface area contributed by atoms with Crippen LogP contribution >= 0.6 is 0 Å². The van der Waals surface area contributed by atoms with Crippen molar-refractivity contribution in [3.63, 3.8) is 0 Å². The number of carbonyl (C=O) groups excluding carboxylic acids is 2. The summed E-state index contributed by atoms with van der Waals surface area (Å²) < 4.78 is 11.3. The Balaban J connectivity index is 2.21. The monoisotopic (exact) mass is 319 g/mol. The minimum Gasteiger partial charge on any atom is -0.464 e. The van der Waals surface area contributed by atoms with Gasteiger partial charge in [-0.05, 0) is 24.8 Å². The van der Waals surface area contributed by atoms with Crippen LogP contribution in [0.1, 0.15) is 39.2 Å². The second-order valence-electron chi connectivity index (χ2n) is 6.20. The molecule has 1 aromatic rings. The summed E-state index contributed by atoms with van der Waals surface area (Å²) in [5.74, 6) is -0.480. The van der Waals surface area contributed by atoms with Gasteiger partial charge >= 0.3 is 5.97 Å². The molecule has 1 fully saturated rings. The summed E-state index contributed by atoms with van der Waals surface area (Å²) in [7, 11) is 0. The van der Waals surface area contributed by atoms with E-state index in [0.717, 1.165) is 5.56 Å². The summed E-state index contributed by atoms with van der Waals surface area (Å²) in [6.07, 6.45) is 0.284. The van der Waals surface area contributed by atoms with Crippen molar-refractivity contribution in [2.24, 2.45) is 5.92 Å². The molecule has 0 bridgehead atoms. The van der Waals surface area contributed by atoms with Crippen molar-refractivity contribution in [1.82, 2.24) is 5.32 Å². The number of amides is 1. The Kier molecular flexibility index (Phi) is 5.77. The fraction of sp³-hybridized carbons (Fsp3) is 0.556. The van der Waals surface area contributed by atoms with E-state index in [9.17, 15) is 9.59 Å². The Morgan fingerprint density at radius 2 is 2.00 bits per heavy atom. The van der Waals surface area contributed by atoms with Crippen LogP contribution in [0, 0.1) is 5.92 Å². The Hall–Kier alpha value is -1.88. The van der Waals surface area contributed by atoms with E-state index in [1.165, 1.54) is 0 Å². The number of ether oxygens (including phenoxy) is 2. The maximum Gasteiger partial charge on any atom is 0.334 e. The minimum absolute atomic E-state index is 0.0570.